The second-order valence-corrected chi connectivity index (χ2v) is 6.86. The normalized spacial score (nSPS) is 16.2. The molecule has 0 rings (SSSR count). The van der Waals surface area contributed by atoms with Crippen LogP contribution in [0.4, 0.5) is 0 Å². The molecule has 0 aromatic carbocycles. The van der Waals surface area contributed by atoms with Crippen molar-refractivity contribution in [1.29, 1.82) is 0 Å². The maximum absolute atomic E-state index is 2.47. The first-order valence-corrected chi connectivity index (χ1v) is 7.88. The third kappa shape index (κ3) is 6.48. The van der Waals surface area contributed by atoms with Crippen molar-refractivity contribution in [3.63, 3.8) is 0 Å². The van der Waals surface area contributed by atoms with Gasteiger partial charge < -0.3 is 0 Å². The van der Waals surface area contributed by atoms with Crippen LogP contribution in [-0.2, 0) is 0 Å². The van der Waals surface area contributed by atoms with E-state index in [1.807, 2.05) is 0 Å². The van der Waals surface area contributed by atoms with Gasteiger partial charge >= 0.3 is 0 Å². The van der Waals surface area contributed by atoms with Gasteiger partial charge in [0.1, 0.15) is 0 Å². The minimum atomic E-state index is 0.577. The lowest BCUT2D eigenvalue weighted by Gasteiger charge is -2.32. The summed E-state index contributed by atoms with van der Waals surface area (Å²) in [5.41, 5.74) is 0.577. The highest BCUT2D eigenvalue weighted by molar-refractivity contribution is 4.76. The molecule has 0 saturated carbocycles. The third-order valence-electron chi connectivity index (χ3n) is 4.86. The molecule has 0 aliphatic rings. The summed E-state index contributed by atoms with van der Waals surface area (Å²) in [4.78, 5) is 0. The summed E-state index contributed by atoms with van der Waals surface area (Å²) in [7, 11) is 0. The Hall–Kier alpha value is 0. The monoisotopic (exact) mass is 240 g/mol. The average Bonchev–Trinajstić information content (AvgIpc) is 2.28. The SMILES string of the molecule is CCCC(CC(C)CC(C)(CC)CC)C(C)C. The lowest BCUT2D eigenvalue weighted by atomic mass is 9.73. The van der Waals surface area contributed by atoms with E-state index in [4.69, 9.17) is 0 Å². The van der Waals surface area contributed by atoms with Crippen molar-refractivity contribution in [2.45, 2.75) is 87.0 Å². The zero-order valence-corrected chi connectivity index (χ0v) is 13.5. The fourth-order valence-corrected chi connectivity index (χ4v) is 3.07. The molecule has 0 N–H and O–H groups in total. The van der Waals surface area contributed by atoms with Crippen molar-refractivity contribution in [2.75, 3.05) is 0 Å². The van der Waals surface area contributed by atoms with E-state index in [1.54, 1.807) is 0 Å². The molecule has 0 amide bonds. The minimum absolute atomic E-state index is 0.577. The molecular weight excluding hydrogens is 204 g/mol. The molecule has 17 heavy (non-hydrogen) atoms. The quantitative estimate of drug-likeness (QED) is 0.443. The molecule has 0 aliphatic heterocycles. The molecule has 0 fully saturated rings. The van der Waals surface area contributed by atoms with E-state index in [2.05, 4.69) is 48.5 Å². The molecule has 2 unspecified atom stereocenters. The molecule has 0 heteroatoms. The van der Waals surface area contributed by atoms with Gasteiger partial charge in [-0.1, -0.05) is 74.1 Å². The fourth-order valence-electron chi connectivity index (χ4n) is 3.07. The molecule has 0 radical (unpaired) electrons. The van der Waals surface area contributed by atoms with Crippen molar-refractivity contribution < 1.29 is 0 Å². The van der Waals surface area contributed by atoms with Crippen LogP contribution in [0.2, 0.25) is 0 Å². The van der Waals surface area contributed by atoms with Crippen molar-refractivity contribution in [1.82, 2.24) is 0 Å². The average molecular weight is 240 g/mol. The molecule has 0 aromatic rings. The first kappa shape index (κ1) is 17.0. The van der Waals surface area contributed by atoms with Crippen molar-refractivity contribution in [3.8, 4) is 0 Å². The van der Waals surface area contributed by atoms with Crippen LogP contribution in [0.3, 0.4) is 0 Å². The van der Waals surface area contributed by atoms with Gasteiger partial charge in [0.25, 0.3) is 0 Å². The second-order valence-electron chi connectivity index (χ2n) is 6.86. The number of rotatable bonds is 9. The highest BCUT2D eigenvalue weighted by Gasteiger charge is 2.24. The minimum Gasteiger partial charge on any atom is -0.0654 e. The summed E-state index contributed by atoms with van der Waals surface area (Å²) >= 11 is 0. The van der Waals surface area contributed by atoms with E-state index < -0.39 is 0 Å². The van der Waals surface area contributed by atoms with Crippen molar-refractivity contribution >= 4 is 0 Å². The Bertz CT molecular complexity index is 176. The zero-order chi connectivity index (χ0) is 13.5. The molecular formula is C17H36. The van der Waals surface area contributed by atoms with Gasteiger partial charge in [0.05, 0.1) is 0 Å². The van der Waals surface area contributed by atoms with Gasteiger partial charge in [-0.25, -0.2) is 0 Å². The van der Waals surface area contributed by atoms with Crippen LogP contribution in [-0.4, -0.2) is 0 Å². The Morgan fingerprint density at radius 3 is 1.82 bits per heavy atom. The molecule has 2 atom stereocenters. The Morgan fingerprint density at radius 2 is 1.47 bits per heavy atom. The summed E-state index contributed by atoms with van der Waals surface area (Å²) in [6.07, 6.45) is 8.25. The van der Waals surface area contributed by atoms with E-state index in [-0.39, 0.29) is 0 Å². The van der Waals surface area contributed by atoms with E-state index in [1.165, 1.54) is 38.5 Å². The zero-order valence-electron chi connectivity index (χ0n) is 13.5. The van der Waals surface area contributed by atoms with E-state index >= 15 is 0 Å². The molecule has 0 spiro atoms. The largest absolute Gasteiger partial charge is 0.0654 e. The maximum atomic E-state index is 2.47. The number of hydrogen-bond donors (Lipinski definition) is 0. The van der Waals surface area contributed by atoms with E-state index in [9.17, 15) is 0 Å². The second kappa shape index (κ2) is 8.16. The Morgan fingerprint density at radius 1 is 0.941 bits per heavy atom. The molecule has 0 bridgehead atoms. The van der Waals surface area contributed by atoms with Crippen LogP contribution in [0.25, 0.3) is 0 Å². The topological polar surface area (TPSA) is 0 Å². The van der Waals surface area contributed by atoms with Crippen molar-refractivity contribution in [3.05, 3.63) is 0 Å². The lowest BCUT2D eigenvalue weighted by molar-refractivity contribution is 0.191. The predicted octanol–water partition coefficient (Wildman–Crippen LogP) is 6.30. The molecule has 0 aromatic heterocycles. The van der Waals surface area contributed by atoms with Crippen LogP contribution in [0.1, 0.15) is 87.0 Å². The van der Waals surface area contributed by atoms with Gasteiger partial charge in [-0.3, -0.25) is 0 Å². The van der Waals surface area contributed by atoms with Gasteiger partial charge in [-0.2, -0.15) is 0 Å². The Balaban J connectivity index is 4.26. The fraction of sp³-hybridized carbons (Fsp3) is 1.00. The summed E-state index contributed by atoms with van der Waals surface area (Å²) in [6.45, 7) is 16.7. The summed E-state index contributed by atoms with van der Waals surface area (Å²) in [5.74, 6) is 2.68. The predicted molar refractivity (Wildman–Crippen MR) is 80.3 cm³/mol. The van der Waals surface area contributed by atoms with Crippen LogP contribution in [0, 0.1) is 23.2 Å². The molecule has 104 valence electrons. The lowest BCUT2D eigenvalue weighted by Crippen LogP contribution is -2.21. The number of hydrogen-bond acceptors (Lipinski definition) is 0. The maximum Gasteiger partial charge on any atom is -0.0329 e. The standard InChI is InChI=1S/C17H36/c1-8-11-16(14(4)5)12-15(6)13-17(7,9-2)10-3/h14-16H,8-13H2,1-7H3. The smallest absolute Gasteiger partial charge is 0.0329 e. The highest BCUT2D eigenvalue weighted by Crippen LogP contribution is 2.36. The highest BCUT2D eigenvalue weighted by atomic mass is 14.3. The molecule has 0 nitrogen and oxygen atoms in total. The van der Waals surface area contributed by atoms with E-state index in [0.29, 0.717) is 5.41 Å². The van der Waals surface area contributed by atoms with Gasteiger partial charge in [0.15, 0.2) is 0 Å². The molecule has 0 heterocycles. The summed E-state index contributed by atoms with van der Waals surface area (Å²) in [5, 5.41) is 0. The van der Waals surface area contributed by atoms with Crippen LogP contribution in [0.5, 0.6) is 0 Å². The van der Waals surface area contributed by atoms with Gasteiger partial charge in [-0.05, 0) is 36.0 Å². The van der Waals surface area contributed by atoms with Crippen LogP contribution < -0.4 is 0 Å². The molecule has 0 saturated heterocycles. The van der Waals surface area contributed by atoms with Gasteiger partial charge in [0.2, 0.25) is 0 Å². The van der Waals surface area contributed by atoms with Gasteiger partial charge in [0, 0.05) is 0 Å². The Labute approximate surface area is 111 Å². The molecule has 0 aliphatic carbocycles. The third-order valence-corrected chi connectivity index (χ3v) is 4.86. The van der Waals surface area contributed by atoms with Crippen LogP contribution >= 0.6 is 0 Å². The summed E-state index contributed by atoms with van der Waals surface area (Å²) < 4.78 is 0. The Kier molecular flexibility index (Phi) is 8.16. The first-order chi connectivity index (χ1) is 7.88. The van der Waals surface area contributed by atoms with Crippen LogP contribution in [0.15, 0.2) is 0 Å². The summed E-state index contributed by atoms with van der Waals surface area (Å²) in [6, 6.07) is 0. The first-order valence-electron chi connectivity index (χ1n) is 7.88. The van der Waals surface area contributed by atoms with Gasteiger partial charge in [-0.15, -0.1) is 0 Å². The van der Waals surface area contributed by atoms with Crippen molar-refractivity contribution in [2.24, 2.45) is 23.2 Å². The van der Waals surface area contributed by atoms with E-state index in [0.717, 1.165) is 17.8 Å².